The van der Waals surface area contributed by atoms with Crippen LogP contribution in [-0.4, -0.2) is 11.1 Å². The summed E-state index contributed by atoms with van der Waals surface area (Å²) in [6.45, 7) is 1.90. The molecule has 3 aromatic carbocycles. The number of aliphatic carboxylic acids is 1. The van der Waals surface area contributed by atoms with Crippen LogP contribution in [0.5, 0.6) is 5.75 Å². The fraction of sp³-hybridized carbons (Fsp3) is 0.174. The second kappa shape index (κ2) is 9.07. The fourth-order valence-electron chi connectivity index (χ4n) is 3.13. The van der Waals surface area contributed by atoms with E-state index >= 15 is 0 Å². The molecule has 3 aromatic rings. The third-order valence-electron chi connectivity index (χ3n) is 4.50. The van der Waals surface area contributed by atoms with Gasteiger partial charge in [0.25, 0.3) is 0 Å². The summed E-state index contributed by atoms with van der Waals surface area (Å²) < 4.78 is 20.7. The van der Waals surface area contributed by atoms with Crippen LogP contribution in [0.2, 0.25) is 5.02 Å². The van der Waals surface area contributed by atoms with Crippen molar-refractivity contribution in [3.8, 4) is 16.9 Å². The van der Waals surface area contributed by atoms with Crippen LogP contribution in [0.4, 0.5) is 4.39 Å². The van der Waals surface area contributed by atoms with Crippen LogP contribution in [0.3, 0.4) is 0 Å². The Kier molecular flexibility index (Phi) is 6.52. The Morgan fingerprint density at radius 3 is 2.66 bits per heavy atom. The van der Waals surface area contributed by atoms with Gasteiger partial charge in [0, 0.05) is 27.8 Å². The molecular weight excluding hydrogens is 393 g/mol. The number of nitrogens with two attached hydrogens (primary N) is 1. The van der Waals surface area contributed by atoms with Gasteiger partial charge in [0.15, 0.2) is 0 Å². The highest BCUT2D eigenvalue weighted by molar-refractivity contribution is 6.31. The molecule has 0 fully saturated rings. The van der Waals surface area contributed by atoms with E-state index in [1.165, 1.54) is 0 Å². The molecule has 0 heterocycles. The fourth-order valence-corrected chi connectivity index (χ4v) is 3.39. The van der Waals surface area contributed by atoms with E-state index in [4.69, 9.17) is 27.2 Å². The average Bonchev–Trinajstić information content (AvgIpc) is 2.66. The van der Waals surface area contributed by atoms with Gasteiger partial charge in [-0.05, 0) is 42.3 Å². The van der Waals surface area contributed by atoms with Gasteiger partial charge in [-0.3, -0.25) is 4.79 Å². The summed E-state index contributed by atoms with van der Waals surface area (Å²) >= 11 is 6.26. The summed E-state index contributed by atoms with van der Waals surface area (Å²) in [7, 11) is 0. The number of hydrogen-bond acceptors (Lipinski definition) is 3. The van der Waals surface area contributed by atoms with Crippen LogP contribution in [0.15, 0.2) is 60.7 Å². The first-order valence-electron chi connectivity index (χ1n) is 9.11. The predicted molar refractivity (Wildman–Crippen MR) is 112 cm³/mol. The number of carbonyl (C=O) groups is 1. The topological polar surface area (TPSA) is 72.5 Å². The van der Waals surface area contributed by atoms with E-state index in [2.05, 4.69) is 0 Å². The molecule has 0 saturated heterocycles. The zero-order chi connectivity index (χ0) is 21.0. The number of carboxylic acids is 1. The van der Waals surface area contributed by atoms with Crippen molar-refractivity contribution in [3.63, 3.8) is 0 Å². The van der Waals surface area contributed by atoms with Gasteiger partial charge in [-0.2, -0.15) is 0 Å². The summed E-state index contributed by atoms with van der Waals surface area (Å²) in [4.78, 5) is 11.0. The van der Waals surface area contributed by atoms with Gasteiger partial charge >= 0.3 is 5.97 Å². The van der Waals surface area contributed by atoms with Crippen LogP contribution in [0.1, 0.15) is 29.7 Å². The largest absolute Gasteiger partial charge is 0.489 e. The molecule has 1 unspecified atom stereocenters. The standard InChI is InChI=1S/C23H21ClFNO3/c1-14(26)19-6-4-7-20(23(19)25)17-9-15(10-18(24)11-17)13-29-21-8-3-2-5-16(21)12-22(27)28/h2-11,14H,12-13,26H2,1H3,(H,27,28). The SMILES string of the molecule is CC(N)c1cccc(-c2cc(Cl)cc(COc3ccccc3CC(=O)O)c2)c1F. The minimum atomic E-state index is -0.935. The van der Waals surface area contributed by atoms with Crippen LogP contribution in [0.25, 0.3) is 11.1 Å². The minimum absolute atomic E-state index is 0.133. The molecule has 150 valence electrons. The Morgan fingerprint density at radius 1 is 1.17 bits per heavy atom. The Balaban J connectivity index is 1.88. The van der Waals surface area contributed by atoms with Gasteiger partial charge in [-0.15, -0.1) is 0 Å². The summed E-state index contributed by atoms with van der Waals surface area (Å²) in [6, 6.07) is 16.9. The van der Waals surface area contributed by atoms with Crippen LogP contribution < -0.4 is 10.5 Å². The molecule has 0 bridgehead atoms. The number of rotatable bonds is 7. The Labute approximate surface area is 173 Å². The van der Waals surface area contributed by atoms with Crippen molar-refractivity contribution in [2.75, 3.05) is 0 Å². The highest BCUT2D eigenvalue weighted by Gasteiger charge is 2.14. The molecular formula is C23H21ClFNO3. The van der Waals surface area contributed by atoms with E-state index in [9.17, 15) is 9.18 Å². The molecule has 4 nitrogen and oxygen atoms in total. The Morgan fingerprint density at radius 2 is 1.93 bits per heavy atom. The number of ether oxygens (including phenoxy) is 1. The zero-order valence-corrected chi connectivity index (χ0v) is 16.6. The molecule has 3 rings (SSSR count). The van der Waals surface area contributed by atoms with Crippen LogP contribution >= 0.6 is 11.6 Å². The second-order valence-electron chi connectivity index (χ2n) is 6.81. The maximum absolute atomic E-state index is 14.9. The molecule has 0 spiro atoms. The van der Waals surface area contributed by atoms with Crippen molar-refractivity contribution in [2.45, 2.75) is 26.0 Å². The average molecular weight is 414 g/mol. The molecule has 0 aliphatic rings. The van der Waals surface area contributed by atoms with E-state index in [-0.39, 0.29) is 18.8 Å². The lowest BCUT2D eigenvalue weighted by molar-refractivity contribution is -0.136. The summed E-state index contributed by atoms with van der Waals surface area (Å²) in [5, 5.41) is 9.49. The normalized spacial score (nSPS) is 11.9. The zero-order valence-electron chi connectivity index (χ0n) is 15.9. The maximum Gasteiger partial charge on any atom is 0.307 e. The molecule has 0 amide bonds. The smallest absolute Gasteiger partial charge is 0.307 e. The van der Waals surface area contributed by atoms with Gasteiger partial charge in [-0.25, -0.2) is 4.39 Å². The summed E-state index contributed by atoms with van der Waals surface area (Å²) in [6.07, 6.45) is -0.133. The van der Waals surface area contributed by atoms with Crippen LogP contribution in [0, 0.1) is 5.82 Å². The second-order valence-corrected chi connectivity index (χ2v) is 7.25. The van der Waals surface area contributed by atoms with Crippen molar-refractivity contribution in [1.82, 2.24) is 0 Å². The van der Waals surface area contributed by atoms with Gasteiger partial charge in [0.2, 0.25) is 0 Å². The molecule has 3 N–H and O–H groups in total. The van der Waals surface area contributed by atoms with E-state index in [0.717, 1.165) is 5.56 Å². The first kappa shape index (κ1) is 20.8. The summed E-state index contributed by atoms with van der Waals surface area (Å²) in [5.41, 5.74) is 8.64. The van der Waals surface area contributed by atoms with Crippen molar-refractivity contribution in [3.05, 3.63) is 88.2 Å². The Bertz CT molecular complexity index is 1040. The molecule has 0 aromatic heterocycles. The third-order valence-corrected chi connectivity index (χ3v) is 4.71. The number of carboxylic acid groups (broad SMARTS) is 1. The highest BCUT2D eigenvalue weighted by Crippen LogP contribution is 2.31. The number of hydrogen-bond donors (Lipinski definition) is 2. The molecule has 0 aliphatic heterocycles. The predicted octanol–water partition coefficient (Wildman–Crippen LogP) is 5.37. The van der Waals surface area contributed by atoms with Crippen molar-refractivity contribution in [1.29, 1.82) is 0 Å². The first-order valence-corrected chi connectivity index (χ1v) is 9.49. The summed E-state index contributed by atoms with van der Waals surface area (Å²) in [5.74, 6) is -0.819. The maximum atomic E-state index is 14.9. The third kappa shape index (κ3) is 5.13. The van der Waals surface area contributed by atoms with Crippen molar-refractivity contribution in [2.24, 2.45) is 5.73 Å². The lowest BCUT2D eigenvalue weighted by Crippen LogP contribution is -2.08. The van der Waals surface area contributed by atoms with E-state index in [1.54, 1.807) is 67.6 Å². The van der Waals surface area contributed by atoms with Crippen molar-refractivity contribution >= 4 is 17.6 Å². The van der Waals surface area contributed by atoms with Gasteiger partial charge in [0.1, 0.15) is 18.2 Å². The minimum Gasteiger partial charge on any atom is -0.489 e. The van der Waals surface area contributed by atoms with Gasteiger partial charge in [0.05, 0.1) is 6.42 Å². The first-order chi connectivity index (χ1) is 13.8. The molecule has 1 atom stereocenters. The quantitative estimate of drug-likeness (QED) is 0.546. The number of benzene rings is 3. The Hall–Kier alpha value is -2.89. The monoisotopic (exact) mass is 413 g/mol. The number of halogens is 2. The molecule has 0 radical (unpaired) electrons. The molecule has 0 aliphatic carbocycles. The van der Waals surface area contributed by atoms with E-state index < -0.39 is 12.0 Å². The van der Waals surface area contributed by atoms with Gasteiger partial charge in [-0.1, -0.05) is 48.0 Å². The van der Waals surface area contributed by atoms with E-state index in [1.807, 2.05) is 0 Å². The van der Waals surface area contributed by atoms with E-state index in [0.29, 0.717) is 33.0 Å². The highest BCUT2D eigenvalue weighted by atomic mass is 35.5. The lowest BCUT2D eigenvalue weighted by Gasteiger charge is -2.14. The number of para-hydroxylation sites is 1. The van der Waals surface area contributed by atoms with Gasteiger partial charge < -0.3 is 15.6 Å². The lowest BCUT2D eigenvalue weighted by atomic mass is 9.98. The van der Waals surface area contributed by atoms with Crippen molar-refractivity contribution < 1.29 is 19.0 Å². The molecule has 6 heteroatoms. The van der Waals surface area contributed by atoms with Crippen LogP contribution in [-0.2, 0) is 17.8 Å². The molecule has 29 heavy (non-hydrogen) atoms. The molecule has 0 saturated carbocycles.